The zero-order chi connectivity index (χ0) is 13.1. The van der Waals surface area contributed by atoms with Crippen molar-refractivity contribution in [1.29, 1.82) is 0 Å². The summed E-state index contributed by atoms with van der Waals surface area (Å²) in [4.78, 5) is 1.43. The van der Waals surface area contributed by atoms with Gasteiger partial charge in [0.25, 0.3) is 0 Å². The van der Waals surface area contributed by atoms with E-state index in [1.807, 2.05) is 11.3 Å². The van der Waals surface area contributed by atoms with Crippen molar-refractivity contribution in [3.05, 3.63) is 22.4 Å². The molecule has 0 bridgehead atoms. The molecule has 5 atom stereocenters. The Morgan fingerprint density at radius 2 is 2.17 bits per heavy atom. The van der Waals surface area contributed by atoms with Crippen LogP contribution in [0.4, 0.5) is 0 Å². The highest BCUT2D eigenvalue weighted by Crippen LogP contribution is 2.35. The summed E-state index contributed by atoms with van der Waals surface area (Å²) in [5.41, 5.74) is 3.01. The van der Waals surface area contributed by atoms with Crippen LogP contribution in [0.3, 0.4) is 0 Å². The maximum absolute atomic E-state index is 5.91. The van der Waals surface area contributed by atoms with E-state index in [0.717, 1.165) is 12.8 Å². The lowest BCUT2D eigenvalue weighted by Crippen LogP contribution is -2.45. The lowest BCUT2D eigenvalue weighted by Gasteiger charge is -2.28. The van der Waals surface area contributed by atoms with Crippen molar-refractivity contribution in [2.45, 2.75) is 51.9 Å². The van der Waals surface area contributed by atoms with Crippen molar-refractivity contribution in [2.24, 2.45) is 17.7 Å². The normalized spacial score (nSPS) is 33.8. The lowest BCUT2D eigenvalue weighted by atomic mass is 9.82. The third-order valence-corrected chi connectivity index (χ3v) is 5.22. The van der Waals surface area contributed by atoms with E-state index < -0.39 is 0 Å². The van der Waals surface area contributed by atoms with Crippen LogP contribution in [0, 0.1) is 11.8 Å². The number of ether oxygens (including phenoxy) is 1. The fourth-order valence-electron chi connectivity index (χ4n) is 3.13. The van der Waals surface area contributed by atoms with E-state index in [9.17, 15) is 0 Å². The Morgan fingerprint density at radius 3 is 2.67 bits per heavy atom. The van der Waals surface area contributed by atoms with Gasteiger partial charge in [-0.15, -0.1) is 11.3 Å². The smallest absolute Gasteiger partial charge is 0.0597 e. The third kappa shape index (κ3) is 2.94. The first-order valence-electron chi connectivity index (χ1n) is 6.77. The van der Waals surface area contributed by atoms with Gasteiger partial charge in [0.05, 0.1) is 12.2 Å². The summed E-state index contributed by atoms with van der Waals surface area (Å²) >= 11 is 1.82. The van der Waals surface area contributed by atoms with Crippen LogP contribution in [0.25, 0.3) is 0 Å². The lowest BCUT2D eigenvalue weighted by molar-refractivity contribution is 0.0472. The Morgan fingerprint density at radius 1 is 1.39 bits per heavy atom. The molecule has 1 fully saturated rings. The van der Waals surface area contributed by atoms with Gasteiger partial charge in [0.15, 0.2) is 0 Å². The number of hydrogen-bond acceptors (Lipinski definition) is 4. The van der Waals surface area contributed by atoms with Crippen molar-refractivity contribution < 1.29 is 4.74 Å². The molecule has 0 amide bonds. The zero-order valence-corrected chi connectivity index (χ0v) is 12.2. The second kappa shape index (κ2) is 6.15. The predicted octanol–water partition coefficient (Wildman–Crippen LogP) is 2.57. The molecule has 1 aromatic heterocycles. The van der Waals surface area contributed by atoms with E-state index in [0.29, 0.717) is 30.1 Å². The first kappa shape index (κ1) is 14.0. The van der Waals surface area contributed by atoms with Gasteiger partial charge in [-0.25, -0.2) is 0 Å². The van der Waals surface area contributed by atoms with Crippen molar-refractivity contribution in [3.63, 3.8) is 0 Å². The van der Waals surface area contributed by atoms with Gasteiger partial charge in [-0.3, -0.25) is 11.3 Å². The molecule has 0 radical (unpaired) electrons. The molecule has 4 heteroatoms. The molecule has 3 N–H and O–H groups in total. The first-order chi connectivity index (χ1) is 8.63. The van der Waals surface area contributed by atoms with Gasteiger partial charge in [-0.1, -0.05) is 13.0 Å². The molecule has 5 unspecified atom stereocenters. The van der Waals surface area contributed by atoms with E-state index in [1.165, 1.54) is 4.88 Å². The predicted molar refractivity (Wildman–Crippen MR) is 76.4 cm³/mol. The van der Waals surface area contributed by atoms with Crippen LogP contribution < -0.4 is 11.3 Å². The highest BCUT2D eigenvalue weighted by Gasteiger charge is 2.41. The molecular formula is C14H24N2OS. The number of hydrazine groups is 1. The molecule has 0 aliphatic carbocycles. The molecule has 3 nitrogen and oxygen atoms in total. The SMILES string of the molecule is CC1OC(C)C(C(CCc2cccs2)NN)C1C. The Hall–Kier alpha value is -0.420. The van der Waals surface area contributed by atoms with Crippen molar-refractivity contribution in [2.75, 3.05) is 0 Å². The summed E-state index contributed by atoms with van der Waals surface area (Å²) in [6.07, 6.45) is 2.80. The number of nitrogens with one attached hydrogen (secondary N) is 1. The van der Waals surface area contributed by atoms with Crippen LogP contribution in [0.15, 0.2) is 17.5 Å². The summed E-state index contributed by atoms with van der Waals surface area (Å²) in [5.74, 6) is 6.82. The molecule has 1 aromatic rings. The van der Waals surface area contributed by atoms with Crippen molar-refractivity contribution in [3.8, 4) is 0 Å². The standard InChI is InChI=1S/C14H24N2OS/c1-9-10(2)17-11(3)14(9)13(16-15)7-6-12-5-4-8-18-12/h4-5,8-11,13-14,16H,6-7,15H2,1-3H3. The van der Waals surface area contributed by atoms with Crippen molar-refractivity contribution >= 4 is 11.3 Å². The highest BCUT2D eigenvalue weighted by atomic mass is 32.1. The Bertz CT molecular complexity index is 355. The molecule has 1 saturated heterocycles. The average Bonchev–Trinajstić information content (AvgIpc) is 2.93. The minimum absolute atomic E-state index is 0.291. The largest absolute Gasteiger partial charge is 0.375 e. The maximum atomic E-state index is 5.91. The molecule has 0 saturated carbocycles. The highest BCUT2D eigenvalue weighted by molar-refractivity contribution is 7.09. The quantitative estimate of drug-likeness (QED) is 0.637. The summed E-state index contributed by atoms with van der Waals surface area (Å²) in [6.45, 7) is 6.60. The van der Waals surface area contributed by atoms with Gasteiger partial charge in [0.1, 0.15) is 0 Å². The van der Waals surface area contributed by atoms with Gasteiger partial charge in [0, 0.05) is 16.8 Å². The molecule has 2 heterocycles. The molecule has 2 rings (SSSR count). The van der Waals surface area contributed by atoms with E-state index in [2.05, 4.69) is 43.7 Å². The summed E-state index contributed by atoms with van der Waals surface area (Å²) in [7, 11) is 0. The number of nitrogens with two attached hydrogens (primary N) is 1. The van der Waals surface area contributed by atoms with E-state index in [1.54, 1.807) is 0 Å². The monoisotopic (exact) mass is 268 g/mol. The second-order valence-corrected chi connectivity index (χ2v) is 6.41. The molecular weight excluding hydrogens is 244 g/mol. The van der Waals surface area contributed by atoms with Crippen LogP contribution in [0.1, 0.15) is 32.1 Å². The van der Waals surface area contributed by atoms with Gasteiger partial charge < -0.3 is 4.74 Å². The topological polar surface area (TPSA) is 47.3 Å². The van der Waals surface area contributed by atoms with Crippen LogP contribution in [-0.4, -0.2) is 18.2 Å². The van der Waals surface area contributed by atoms with E-state index in [-0.39, 0.29) is 0 Å². The summed E-state index contributed by atoms with van der Waals surface area (Å²) < 4.78 is 5.91. The number of aryl methyl sites for hydroxylation is 1. The molecule has 0 spiro atoms. The minimum atomic E-state index is 0.291. The maximum Gasteiger partial charge on any atom is 0.0597 e. The van der Waals surface area contributed by atoms with Crippen LogP contribution in [-0.2, 0) is 11.2 Å². The fourth-order valence-corrected chi connectivity index (χ4v) is 3.85. The minimum Gasteiger partial charge on any atom is -0.375 e. The van der Waals surface area contributed by atoms with Gasteiger partial charge in [-0.2, -0.15) is 0 Å². The molecule has 1 aliphatic rings. The Balaban J connectivity index is 1.95. The third-order valence-electron chi connectivity index (χ3n) is 4.28. The van der Waals surface area contributed by atoms with Gasteiger partial charge in [0.2, 0.25) is 0 Å². The number of hydrogen-bond donors (Lipinski definition) is 2. The number of rotatable bonds is 5. The Kier molecular flexibility index (Phi) is 4.78. The van der Waals surface area contributed by atoms with Crippen LogP contribution >= 0.6 is 11.3 Å². The van der Waals surface area contributed by atoms with Crippen molar-refractivity contribution in [1.82, 2.24) is 5.43 Å². The molecule has 102 valence electrons. The number of thiophene rings is 1. The van der Waals surface area contributed by atoms with E-state index >= 15 is 0 Å². The molecule has 1 aliphatic heterocycles. The molecule has 0 aromatic carbocycles. The van der Waals surface area contributed by atoms with Crippen LogP contribution in [0.2, 0.25) is 0 Å². The first-order valence-corrected chi connectivity index (χ1v) is 7.65. The van der Waals surface area contributed by atoms with Gasteiger partial charge in [-0.05, 0) is 44.1 Å². The Labute approximate surface area is 114 Å². The van der Waals surface area contributed by atoms with Crippen LogP contribution in [0.5, 0.6) is 0 Å². The average molecular weight is 268 g/mol. The molecule has 18 heavy (non-hydrogen) atoms. The zero-order valence-electron chi connectivity index (χ0n) is 11.4. The summed E-state index contributed by atoms with van der Waals surface area (Å²) in [5, 5.41) is 2.13. The second-order valence-electron chi connectivity index (χ2n) is 5.37. The van der Waals surface area contributed by atoms with E-state index in [4.69, 9.17) is 10.6 Å². The van der Waals surface area contributed by atoms with Gasteiger partial charge >= 0.3 is 0 Å². The fraction of sp³-hybridized carbons (Fsp3) is 0.714. The summed E-state index contributed by atoms with van der Waals surface area (Å²) in [6, 6.07) is 4.64.